The number of nitrogens with zero attached hydrogens (tertiary/aromatic N) is 1. The van der Waals surface area contributed by atoms with Crippen molar-refractivity contribution >= 4 is 0 Å². The predicted octanol–water partition coefficient (Wildman–Crippen LogP) is 6.08. The van der Waals surface area contributed by atoms with Gasteiger partial charge in [-0.25, -0.2) is 0 Å². The third kappa shape index (κ3) is 5.44. The van der Waals surface area contributed by atoms with Gasteiger partial charge in [0, 0.05) is 24.7 Å². The molecule has 0 bridgehead atoms. The molecule has 0 radical (unpaired) electrons. The van der Waals surface area contributed by atoms with Gasteiger partial charge in [0.05, 0.1) is 7.11 Å². The lowest BCUT2D eigenvalue weighted by Crippen LogP contribution is -2.44. The molecule has 1 saturated carbocycles. The van der Waals surface area contributed by atoms with Gasteiger partial charge in [-0.1, -0.05) is 43.9 Å². The van der Waals surface area contributed by atoms with E-state index in [1.165, 1.54) is 68.1 Å². The van der Waals surface area contributed by atoms with E-state index in [4.69, 9.17) is 9.47 Å². The van der Waals surface area contributed by atoms with Crippen LogP contribution < -0.4 is 14.8 Å². The fourth-order valence-corrected chi connectivity index (χ4v) is 6.42. The highest BCUT2D eigenvalue weighted by Gasteiger charge is 2.33. The monoisotopic (exact) mass is 462 g/mol. The third-order valence-corrected chi connectivity index (χ3v) is 8.38. The smallest absolute Gasteiger partial charge is 0.119 e. The van der Waals surface area contributed by atoms with Gasteiger partial charge in [0.1, 0.15) is 17.6 Å². The maximum Gasteiger partial charge on any atom is 0.119 e. The average molecular weight is 463 g/mol. The number of methoxy groups -OCH3 is 1. The minimum Gasteiger partial charge on any atom is -0.497 e. The Kier molecular flexibility index (Phi) is 7.76. The van der Waals surface area contributed by atoms with E-state index in [0.717, 1.165) is 43.5 Å². The highest BCUT2D eigenvalue weighted by atomic mass is 16.5. The molecule has 2 fully saturated rings. The Hall–Kier alpha value is -2.04. The van der Waals surface area contributed by atoms with Gasteiger partial charge in [-0.15, -0.1) is 0 Å². The van der Waals surface area contributed by atoms with Crippen molar-refractivity contribution in [3.05, 3.63) is 59.2 Å². The summed E-state index contributed by atoms with van der Waals surface area (Å²) < 4.78 is 11.8. The Morgan fingerprint density at radius 3 is 2.44 bits per heavy atom. The van der Waals surface area contributed by atoms with Crippen LogP contribution in [0.5, 0.6) is 11.5 Å². The molecule has 3 atom stereocenters. The second-order valence-electron chi connectivity index (χ2n) is 10.6. The van der Waals surface area contributed by atoms with Gasteiger partial charge in [-0.05, 0) is 92.9 Å². The quantitative estimate of drug-likeness (QED) is 0.541. The molecule has 5 rings (SSSR count). The minimum atomic E-state index is 0.202. The SMILES string of the molecule is COc1ccc2c(c1)CCN(C1CCCCC1)C2Cc1ccc(OC(C)C2CCCCN2)cc1. The highest BCUT2D eigenvalue weighted by molar-refractivity contribution is 5.40. The summed E-state index contributed by atoms with van der Waals surface area (Å²) in [6.45, 7) is 4.47. The van der Waals surface area contributed by atoms with E-state index in [1.807, 2.05) is 0 Å². The molecule has 3 aliphatic rings. The first-order valence-corrected chi connectivity index (χ1v) is 13.6. The van der Waals surface area contributed by atoms with Crippen LogP contribution in [-0.2, 0) is 12.8 Å². The van der Waals surface area contributed by atoms with Crippen molar-refractivity contribution in [2.24, 2.45) is 0 Å². The molecule has 1 aliphatic carbocycles. The van der Waals surface area contributed by atoms with Crippen molar-refractivity contribution in [2.75, 3.05) is 20.2 Å². The molecule has 2 aromatic carbocycles. The van der Waals surface area contributed by atoms with Gasteiger partial charge in [0.2, 0.25) is 0 Å². The molecular formula is C30H42N2O2. The Morgan fingerprint density at radius 1 is 0.941 bits per heavy atom. The standard InChI is InChI=1S/C30H42N2O2/c1-22(29-10-6-7-18-31-29)34-26-13-11-23(12-14-26)20-30-28-16-15-27(33-2)21-24(28)17-19-32(30)25-8-4-3-5-9-25/h11-16,21-22,25,29-31H,3-10,17-20H2,1-2H3. The Morgan fingerprint density at radius 2 is 1.71 bits per heavy atom. The lowest BCUT2D eigenvalue weighted by molar-refractivity contribution is 0.0945. The van der Waals surface area contributed by atoms with Crippen molar-refractivity contribution in [1.82, 2.24) is 10.2 Å². The topological polar surface area (TPSA) is 33.7 Å². The van der Waals surface area contributed by atoms with Gasteiger partial charge in [-0.3, -0.25) is 4.90 Å². The summed E-state index contributed by atoms with van der Waals surface area (Å²) in [5.41, 5.74) is 4.35. The number of hydrogen-bond acceptors (Lipinski definition) is 4. The summed E-state index contributed by atoms with van der Waals surface area (Å²) in [4.78, 5) is 2.83. The van der Waals surface area contributed by atoms with Gasteiger partial charge in [-0.2, -0.15) is 0 Å². The lowest BCUT2D eigenvalue weighted by Gasteiger charge is -2.44. The first-order chi connectivity index (χ1) is 16.7. The highest BCUT2D eigenvalue weighted by Crippen LogP contribution is 2.38. The van der Waals surface area contributed by atoms with Crippen LogP contribution >= 0.6 is 0 Å². The lowest BCUT2D eigenvalue weighted by atomic mass is 9.84. The molecule has 0 amide bonds. The van der Waals surface area contributed by atoms with Crippen LogP contribution in [-0.4, -0.2) is 43.3 Å². The minimum absolute atomic E-state index is 0.202. The molecule has 1 N–H and O–H groups in total. The van der Waals surface area contributed by atoms with Crippen molar-refractivity contribution in [2.45, 2.75) is 95.4 Å². The molecule has 0 spiro atoms. The molecule has 1 saturated heterocycles. The molecule has 3 unspecified atom stereocenters. The zero-order valence-corrected chi connectivity index (χ0v) is 21.1. The molecule has 0 aromatic heterocycles. The molecule has 2 aromatic rings. The maximum absolute atomic E-state index is 6.31. The summed E-state index contributed by atoms with van der Waals surface area (Å²) >= 11 is 0. The second-order valence-corrected chi connectivity index (χ2v) is 10.6. The summed E-state index contributed by atoms with van der Waals surface area (Å²) in [5.74, 6) is 1.97. The van der Waals surface area contributed by atoms with Crippen molar-refractivity contribution in [3.63, 3.8) is 0 Å². The number of piperidine rings is 1. The Labute approximate surface area is 206 Å². The van der Waals surface area contributed by atoms with E-state index in [0.29, 0.717) is 12.1 Å². The first kappa shape index (κ1) is 23.7. The van der Waals surface area contributed by atoms with Crippen molar-refractivity contribution in [3.8, 4) is 11.5 Å². The summed E-state index contributed by atoms with van der Waals surface area (Å²) in [7, 11) is 1.77. The summed E-state index contributed by atoms with van der Waals surface area (Å²) in [5, 5.41) is 3.62. The number of benzene rings is 2. The predicted molar refractivity (Wildman–Crippen MR) is 139 cm³/mol. The number of hydrogen-bond donors (Lipinski definition) is 1. The number of rotatable bonds is 7. The maximum atomic E-state index is 6.31. The van der Waals surface area contributed by atoms with Crippen LogP contribution in [0, 0.1) is 0 Å². The number of ether oxygens (including phenoxy) is 2. The van der Waals surface area contributed by atoms with Gasteiger partial charge in [0.25, 0.3) is 0 Å². The van der Waals surface area contributed by atoms with Crippen LogP contribution in [0.4, 0.5) is 0 Å². The van der Waals surface area contributed by atoms with Gasteiger partial charge >= 0.3 is 0 Å². The van der Waals surface area contributed by atoms with Crippen LogP contribution in [0.1, 0.15) is 81.0 Å². The summed E-state index contributed by atoms with van der Waals surface area (Å²) in [6, 6.07) is 17.3. The van der Waals surface area contributed by atoms with Gasteiger partial charge in [0.15, 0.2) is 0 Å². The fraction of sp³-hybridized carbons (Fsp3) is 0.600. The zero-order valence-electron chi connectivity index (χ0n) is 21.1. The molecule has 4 heteroatoms. The fourth-order valence-electron chi connectivity index (χ4n) is 6.42. The molecule has 2 heterocycles. The van der Waals surface area contributed by atoms with Crippen LogP contribution in [0.25, 0.3) is 0 Å². The third-order valence-electron chi connectivity index (χ3n) is 8.38. The van der Waals surface area contributed by atoms with Gasteiger partial charge < -0.3 is 14.8 Å². The van der Waals surface area contributed by atoms with E-state index in [-0.39, 0.29) is 6.10 Å². The first-order valence-electron chi connectivity index (χ1n) is 13.6. The van der Waals surface area contributed by atoms with Crippen molar-refractivity contribution in [1.29, 1.82) is 0 Å². The second kappa shape index (κ2) is 11.1. The van der Waals surface area contributed by atoms with Crippen LogP contribution in [0.15, 0.2) is 42.5 Å². The Bertz CT molecular complexity index is 916. The number of fused-ring (bicyclic) bond motifs is 1. The largest absolute Gasteiger partial charge is 0.497 e. The van der Waals surface area contributed by atoms with E-state index in [1.54, 1.807) is 7.11 Å². The van der Waals surface area contributed by atoms with Crippen LogP contribution in [0.3, 0.4) is 0 Å². The molecular weight excluding hydrogens is 420 g/mol. The molecule has 4 nitrogen and oxygen atoms in total. The van der Waals surface area contributed by atoms with E-state index >= 15 is 0 Å². The molecule has 2 aliphatic heterocycles. The molecule has 184 valence electrons. The van der Waals surface area contributed by atoms with Crippen molar-refractivity contribution < 1.29 is 9.47 Å². The summed E-state index contributed by atoms with van der Waals surface area (Å²) in [6.07, 6.45) is 13.0. The van der Waals surface area contributed by atoms with E-state index in [9.17, 15) is 0 Å². The van der Waals surface area contributed by atoms with E-state index in [2.05, 4.69) is 59.6 Å². The normalized spacial score (nSPS) is 24.9. The van der Waals surface area contributed by atoms with Crippen LogP contribution in [0.2, 0.25) is 0 Å². The van der Waals surface area contributed by atoms with E-state index < -0.39 is 0 Å². The average Bonchev–Trinajstić information content (AvgIpc) is 2.90. The Balaban J connectivity index is 1.32. The molecule has 34 heavy (non-hydrogen) atoms. The zero-order chi connectivity index (χ0) is 23.3. The number of nitrogens with one attached hydrogen (secondary N) is 1.